The lowest BCUT2D eigenvalue weighted by molar-refractivity contribution is -0.255. The third-order valence-corrected chi connectivity index (χ3v) is 8.24. The van der Waals surface area contributed by atoms with Gasteiger partial charge in [0.1, 0.15) is 17.3 Å². The number of rotatable bonds is 7. The van der Waals surface area contributed by atoms with Gasteiger partial charge in [0.05, 0.1) is 41.5 Å². The van der Waals surface area contributed by atoms with Crippen molar-refractivity contribution in [1.29, 1.82) is 0 Å². The summed E-state index contributed by atoms with van der Waals surface area (Å²) in [6.45, 7) is 3.65. The molecule has 0 N–H and O–H groups in total. The molecule has 1 aliphatic rings. The molecule has 43 heavy (non-hydrogen) atoms. The molecule has 216 valence electrons. The standard InChI is InChI=1S/C33H26N2O7S/c1-4-41-32(39)28-18(2)34-33-35(29(28)24-14-16-26(40-3)23-8-6-5-7-22(23)24)30(36)27(43-33)17-21-13-15-25(42-21)19-9-11-20(12-10-19)31(37)38/h5-17,29H,4H2,1-3H3,(H,37,38)/p-1/b27-17+. The van der Waals surface area contributed by atoms with Crippen molar-refractivity contribution in [2.75, 3.05) is 13.7 Å². The maximum Gasteiger partial charge on any atom is 0.338 e. The number of aromatic nitrogens is 1. The Morgan fingerprint density at radius 3 is 2.49 bits per heavy atom. The predicted molar refractivity (Wildman–Crippen MR) is 159 cm³/mol. The van der Waals surface area contributed by atoms with Crippen LogP contribution in [0.15, 0.2) is 98.3 Å². The minimum Gasteiger partial charge on any atom is -0.545 e. The largest absolute Gasteiger partial charge is 0.545 e. The Morgan fingerprint density at radius 2 is 1.79 bits per heavy atom. The lowest BCUT2D eigenvalue weighted by atomic mass is 9.91. The zero-order valence-corrected chi connectivity index (χ0v) is 24.3. The number of carbonyl (C=O) groups is 2. The Labute approximate surface area is 249 Å². The Kier molecular flexibility index (Phi) is 7.29. The average Bonchev–Trinajstić information content (AvgIpc) is 3.60. The second-order valence-electron chi connectivity index (χ2n) is 9.77. The molecule has 9 nitrogen and oxygen atoms in total. The van der Waals surface area contributed by atoms with Gasteiger partial charge in [0, 0.05) is 17.0 Å². The van der Waals surface area contributed by atoms with Crippen LogP contribution in [0.1, 0.15) is 41.6 Å². The molecule has 0 saturated carbocycles. The van der Waals surface area contributed by atoms with Crippen LogP contribution in [0, 0.1) is 0 Å². The number of methoxy groups -OCH3 is 1. The zero-order valence-electron chi connectivity index (χ0n) is 23.5. The molecule has 6 rings (SSSR count). The highest BCUT2D eigenvalue weighted by Crippen LogP contribution is 2.38. The van der Waals surface area contributed by atoms with E-state index >= 15 is 0 Å². The lowest BCUT2D eigenvalue weighted by Gasteiger charge is -2.26. The van der Waals surface area contributed by atoms with Crippen molar-refractivity contribution in [1.82, 2.24) is 4.57 Å². The molecule has 5 aromatic rings. The summed E-state index contributed by atoms with van der Waals surface area (Å²) in [5.41, 5.74) is 1.90. The summed E-state index contributed by atoms with van der Waals surface area (Å²) >= 11 is 1.19. The quantitative estimate of drug-likeness (QED) is 0.264. The zero-order chi connectivity index (χ0) is 30.2. The van der Waals surface area contributed by atoms with Crippen molar-refractivity contribution in [3.63, 3.8) is 0 Å². The van der Waals surface area contributed by atoms with Gasteiger partial charge in [-0.3, -0.25) is 9.36 Å². The Bertz CT molecular complexity index is 2120. The van der Waals surface area contributed by atoms with Crippen LogP contribution >= 0.6 is 11.3 Å². The molecule has 3 aromatic carbocycles. The van der Waals surface area contributed by atoms with E-state index in [2.05, 4.69) is 4.99 Å². The van der Waals surface area contributed by atoms with Crippen LogP contribution in [0.5, 0.6) is 5.75 Å². The minimum absolute atomic E-state index is 0.0633. The summed E-state index contributed by atoms with van der Waals surface area (Å²) in [5, 5.41) is 12.8. The summed E-state index contributed by atoms with van der Waals surface area (Å²) in [5.74, 6) is -0.190. The third kappa shape index (κ3) is 4.95. The van der Waals surface area contributed by atoms with Gasteiger partial charge in [0.2, 0.25) is 0 Å². The number of hydrogen-bond donors (Lipinski definition) is 0. The average molecular weight is 594 g/mol. The smallest absolute Gasteiger partial charge is 0.338 e. The van der Waals surface area contributed by atoms with Crippen LogP contribution in [0.25, 0.3) is 28.2 Å². The first-order chi connectivity index (χ1) is 20.8. The van der Waals surface area contributed by atoms with Crippen LogP contribution in [0.2, 0.25) is 0 Å². The Hall–Kier alpha value is -5.22. The van der Waals surface area contributed by atoms with E-state index in [4.69, 9.17) is 13.9 Å². The molecule has 0 saturated heterocycles. The number of carboxylic acids is 1. The van der Waals surface area contributed by atoms with Gasteiger partial charge in [0.25, 0.3) is 5.56 Å². The Balaban J connectivity index is 1.50. The summed E-state index contributed by atoms with van der Waals surface area (Å²) in [6, 6.07) is 20.2. The summed E-state index contributed by atoms with van der Waals surface area (Å²) < 4.78 is 18.9. The topological polar surface area (TPSA) is 123 Å². The number of allylic oxidation sites excluding steroid dienone is 1. The van der Waals surface area contributed by atoms with Gasteiger partial charge in [-0.1, -0.05) is 65.9 Å². The van der Waals surface area contributed by atoms with E-state index in [-0.39, 0.29) is 23.3 Å². The number of thiazole rings is 1. The van der Waals surface area contributed by atoms with Crippen molar-refractivity contribution in [3.05, 3.63) is 121 Å². The molecule has 1 unspecified atom stereocenters. The first-order valence-electron chi connectivity index (χ1n) is 13.5. The molecule has 0 radical (unpaired) electrons. The van der Waals surface area contributed by atoms with Crippen LogP contribution < -0.4 is 24.7 Å². The highest BCUT2D eigenvalue weighted by atomic mass is 32.1. The number of fused-ring (bicyclic) bond motifs is 2. The molecular formula is C33H25N2O7S-. The molecule has 0 fully saturated rings. The number of carbonyl (C=O) groups excluding carboxylic acids is 2. The SMILES string of the molecule is CCOC(=O)C1=C(C)N=c2s/c(=C/c3ccc(-c4ccc(C(=O)[O-])cc4)o3)c(=O)n2C1c1ccc(OC)c2ccccc12. The maximum atomic E-state index is 14.1. The number of esters is 1. The molecule has 3 heterocycles. The highest BCUT2D eigenvalue weighted by molar-refractivity contribution is 7.07. The van der Waals surface area contributed by atoms with Gasteiger partial charge >= 0.3 is 5.97 Å². The molecule has 0 amide bonds. The fourth-order valence-electron chi connectivity index (χ4n) is 5.28. The number of aromatic carboxylic acids is 1. The van der Waals surface area contributed by atoms with E-state index in [1.165, 1.54) is 28.0 Å². The van der Waals surface area contributed by atoms with Gasteiger partial charge < -0.3 is 23.8 Å². The Morgan fingerprint density at radius 1 is 1.05 bits per heavy atom. The van der Waals surface area contributed by atoms with E-state index < -0.39 is 18.0 Å². The molecule has 2 aromatic heterocycles. The van der Waals surface area contributed by atoms with E-state index in [1.54, 1.807) is 51.3 Å². The van der Waals surface area contributed by atoms with E-state index in [0.717, 1.165) is 16.3 Å². The molecule has 0 aliphatic carbocycles. The predicted octanol–water partition coefficient (Wildman–Crippen LogP) is 3.58. The van der Waals surface area contributed by atoms with Crippen molar-refractivity contribution < 1.29 is 28.6 Å². The number of nitrogens with zero attached hydrogens (tertiary/aromatic N) is 2. The number of carboxylic acid groups (broad SMARTS) is 1. The summed E-state index contributed by atoms with van der Waals surface area (Å²) in [7, 11) is 1.60. The van der Waals surface area contributed by atoms with Gasteiger partial charge in [-0.05, 0) is 48.6 Å². The second kappa shape index (κ2) is 11.2. The van der Waals surface area contributed by atoms with Crippen LogP contribution in [-0.2, 0) is 9.53 Å². The first kappa shape index (κ1) is 27.9. The van der Waals surface area contributed by atoms with E-state index in [1.807, 2.05) is 36.4 Å². The second-order valence-corrected chi connectivity index (χ2v) is 10.8. The number of benzene rings is 3. The number of ether oxygens (including phenoxy) is 2. The van der Waals surface area contributed by atoms with Crippen molar-refractivity contribution in [3.8, 4) is 17.1 Å². The van der Waals surface area contributed by atoms with E-state index in [0.29, 0.717) is 37.9 Å². The molecule has 10 heteroatoms. The van der Waals surface area contributed by atoms with Crippen LogP contribution in [-0.4, -0.2) is 30.2 Å². The van der Waals surface area contributed by atoms with Crippen LogP contribution in [0.4, 0.5) is 0 Å². The van der Waals surface area contributed by atoms with Crippen molar-refractivity contribution in [2.45, 2.75) is 19.9 Å². The molecule has 1 aliphatic heterocycles. The number of hydrogen-bond acceptors (Lipinski definition) is 9. The molecule has 1 atom stereocenters. The van der Waals surface area contributed by atoms with Gasteiger partial charge in [-0.2, -0.15) is 0 Å². The van der Waals surface area contributed by atoms with Gasteiger partial charge in [-0.25, -0.2) is 9.79 Å². The fourth-order valence-corrected chi connectivity index (χ4v) is 6.31. The third-order valence-electron chi connectivity index (χ3n) is 7.25. The van der Waals surface area contributed by atoms with Crippen LogP contribution in [0.3, 0.4) is 0 Å². The van der Waals surface area contributed by atoms with Crippen molar-refractivity contribution in [2.24, 2.45) is 4.99 Å². The van der Waals surface area contributed by atoms with Gasteiger partial charge in [0.15, 0.2) is 4.80 Å². The fraction of sp³-hybridized carbons (Fsp3) is 0.152. The van der Waals surface area contributed by atoms with E-state index in [9.17, 15) is 19.5 Å². The normalized spacial score (nSPS) is 14.9. The molecule has 0 bridgehead atoms. The summed E-state index contributed by atoms with van der Waals surface area (Å²) in [4.78, 5) is 43.6. The first-order valence-corrected chi connectivity index (χ1v) is 14.3. The maximum absolute atomic E-state index is 14.1. The molecular weight excluding hydrogens is 568 g/mol. The van der Waals surface area contributed by atoms with Gasteiger partial charge in [-0.15, -0.1) is 0 Å². The minimum atomic E-state index is -1.26. The lowest BCUT2D eigenvalue weighted by Crippen LogP contribution is -2.40. The van der Waals surface area contributed by atoms with Crippen molar-refractivity contribution >= 4 is 40.1 Å². The monoisotopic (exact) mass is 593 g/mol. The highest BCUT2D eigenvalue weighted by Gasteiger charge is 2.34. The number of furan rings is 1. The summed E-state index contributed by atoms with van der Waals surface area (Å²) in [6.07, 6.45) is 1.63. The molecule has 0 spiro atoms.